The molecule has 2 heterocycles. The molecule has 104 valence electrons. The van der Waals surface area contributed by atoms with E-state index < -0.39 is 0 Å². The summed E-state index contributed by atoms with van der Waals surface area (Å²) in [5.74, 6) is 3.73. The Morgan fingerprint density at radius 3 is 2.89 bits per heavy atom. The van der Waals surface area contributed by atoms with E-state index in [0.717, 1.165) is 23.0 Å². The Morgan fingerprint density at radius 1 is 1.47 bits per heavy atom. The second-order valence-corrected chi connectivity index (χ2v) is 5.68. The van der Waals surface area contributed by atoms with Crippen LogP contribution >= 0.6 is 23.4 Å². The summed E-state index contributed by atoms with van der Waals surface area (Å²) in [4.78, 5) is 12.9. The fourth-order valence-corrected chi connectivity index (χ4v) is 2.92. The van der Waals surface area contributed by atoms with E-state index in [1.165, 1.54) is 6.33 Å². The Hall–Kier alpha value is -1.01. The average Bonchev–Trinajstić information content (AvgIpc) is 2.83. The average molecular weight is 301 g/mol. The third-order valence-corrected chi connectivity index (χ3v) is 4.20. The summed E-state index contributed by atoms with van der Waals surface area (Å²) in [5.41, 5.74) is 1.46. The first-order valence-electron chi connectivity index (χ1n) is 6.12. The zero-order chi connectivity index (χ0) is 13.8. The van der Waals surface area contributed by atoms with Crippen LogP contribution in [-0.4, -0.2) is 38.1 Å². The van der Waals surface area contributed by atoms with Gasteiger partial charge >= 0.3 is 0 Å². The summed E-state index contributed by atoms with van der Waals surface area (Å²) in [7, 11) is 1.58. The van der Waals surface area contributed by atoms with Crippen molar-refractivity contribution in [2.75, 3.05) is 18.6 Å². The molecule has 0 radical (unpaired) electrons. The van der Waals surface area contributed by atoms with Crippen molar-refractivity contribution >= 4 is 34.5 Å². The first-order chi connectivity index (χ1) is 9.22. The van der Waals surface area contributed by atoms with Crippen LogP contribution in [0.2, 0.25) is 0 Å². The highest BCUT2D eigenvalue weighted by Crippen LogP contribution is 2.27. The van der Waals surface area contributed by atoms with E-state index in [4.69, 9.17) is 16.3 Å². The maximum Gasteiger partial charge on any atom is 0.245 e. The largest absolute Gasteiger partial charge is 0.479 e. The molecule has 2 aromatic rings. The van der Waals surface area contributed by atoms with Gasteiger partial charge < -0.3 is 9.30 Å². The van der Waals surface area contributed by atoms with Gasteiger partial charge in [0.2, 0.25) is 5.88 Å². The van der Waals surface area contributed by atoms with Crippen molar-refractivity contribution in [1.82, 2.24) is 19.5 Å². The molecule has 2 aromatic heterocycles. The van der Waals surface area contributed by atoms with Gasteiger partial charge in [0.1, 0.15) is 12.2 Å². The SMILES string of the molecule is CCSCC(C)n1c(CCl)nc2c(OC)ncnc21. The van der Waals surface area contributed by atoms with Crippen molar-refractivity contribution in [1.29, 1.82) is 0 Å². The second-order valence-electron chi connectivity index (χ2n) is 4.10. The molecule has 19 heavy (non-hydrogen) atoms. The van der Waals surface area contributed by atoms with E-state index in [2.05, 4.69) is 33.4 Å². The minimum Gasteiger partial charge on any atom is -0.479 e. The number of aromatic nitrogens is 4. The van der Waals surface area contributed by atoms with Gasteiger partial charge in [-0.25, -0.2) is 9.97 Å². The van der Waals surface area contributed by atoms with E-state index in [0.29, 0.717) is 17.3 Å². The summed E-state index contributed by atoms with van der Waals surface area (Å²) < 4.78 is 7.30. The van der Waals surface area contributed by atoms with Crippen molar-refractivity contribution in [2.24, 2.45) is 0 Å². The molecule has 0 amide bonds. The van der Waals surface area contributed by atoms with Crippen LogP contribution in [0.15, 0.2) is 6.33 Å². The Labute approximate surface area is 121 Å². The molecule has 1 unspecified atom stereocenters. The maximum atomic E-state index is 6.00. The molecule has 5 nitrogen and oxygen atoms in total. The summed E-state index contributed by atoms with van der Waals surface area (Å²) in [5, 5.41) is 0. The van der Waals surface area contributed by atoms with Crippen LogP contribution in [0.5, 0.6) is 5.88 Å². The predicted molar refractivity (Wildman–Crippen MR) is 79.1 cm³/mol. The molecule has 0 aliphatic heterocycles. The van der Waals surface area contributed by atoms with E-state index in [1.54, 1.807) is 7.11 Å². The van der Waals surface area contributed by atoms with Crippen molar-refractivity contribution in [3.63, 3.8) is 0 Å². The number of imidazole rings is 1. The minimum atomic E-state index is 0.281. The van der Waals surface area contributed by atoms with Crippen LogP contribution in [0.25, 0.3) is 11.2 Å². The molecule has 2 rings (SSSR count). The number of hydrogen-bond acceptors (Lipinski definition) is 5. The van der Waals surface area contributed by atoms with Gasteiger partial charge in [-0.15, -0.1) is 11.6 Å². The molecular formula is C12H17ClN4OS. The lowest BCUT2D eigenvalue weighted by Crippen LogP contribution is -2.11. The number of alkyl halides is 1. The highest BCUT2D eigenvalue weighted by Gasteiger charge is 2.19. The van der Waals surface area contributed by atoms with Crippen molar-refractivity contribution < 1.29 is 4.74 Å². The Balaban J connectivity index is 2.51. The molecule has 0 aliphatic carbocycles. The fourth-order valence-electron chi connectivity index (χ4n) is 2.00. The number of methoxy groups -OCH3 is 1. The molecule has 0 saturated carbocycles. The molecule has 0 saturated heterocycles. The monoisotopic (exact) mass is 300 g/mol. The van der Waals surface area contributed by atoms with Crippen molar-refractivity contribution in [3.8, 4) is 5.88 Å². The number of fused-ring (bicyclic) bond motifs is 1. The van der Waals surface area contributed by atoms with Crippen LogP contribution in [0.4, 0.5) is 0 Å². The second kappa shape index (κ2) is 6.43. The van der Waals surface area contributed by atoms with Gasteiger partial charge in [-0.2, -0.15) is 16.7 Å². The summed E-state index contributed by atoms with van der Waals surface area (Å²) in [6, 6.07) is 0.281. The van der Waals surface area contributed by atoms with Gasteiger partial charge in [0.15, 0.2) is 11.2 Å². The van der Waals surface area contributed by atoms with Gasteiger partial charge in [-0.3, -0.25) is 0 Å². The van der Waals surface area contributed by atoms with Crippen LogP contribution in [0.1, 0.15) is 25.7 Å². The van der Waals surface area contributed by atoms with Gasteiger partial charge in [-0.1, -0.05) is 6.92 Å². The van der Waals surface area contributed by atoms with E-state index in [9.17, 15) is 0 Å². The highest BCUT2D eigenvalue weighted by molar-refractivity contribution is 7.99. The molecule has 1 atom stereocenters. The number of rotatable bonds is 6. The normalized spacial score (nSPS) is 12.8. The minimum absolute atomic E-state index is 0.281. The van der Waals surface area contributed by atoms with Gasteiger partial charge in [0.05, 0.1) is 13.0 Å². The smallest absolute Gasteiger partial charge is 0.245 e. The lowest BCUT2D eigenvalue weighted by atomic mass is 10.3. The molecular weight excluding hydrogens is 284 g/mol. The Bertz CT molecular complexity index is 560. The van der Waals surface area contributed by atoms with Crippen LogP contribution < -0.4 is 4.74 Å². The molecule has 0 spiro atoms. The molecule has 0 fully saturated rings. The lowest BCUT2D eigenvalue weighted by molar-refractivity contribution is 0.401. The predicted octanol–water partition coefficient (Wildman–Crippen LogP) is 2.89. The highest BCUT2D eigenvalue weighted by atomic mass is 35.5. The van der Waals surface area contributed by atoms with E-state index >= 15 is 0 Å². The third kappa shape index (κ3) is 2.79. The molecule has 0 N–H and O–H groups in total. The zero-order valence-electron chi connectivity index (χ0n) is 11.3. The summed E-state index contributed by atoms with van der Waals surface area (Å²) in [6.07, 6.45) is 1.50. The topological polar surface area (TPSA) is 52.8 Å². The molecule has 0 aliphatic rings. The molecule has 0 bridgehead atoms. The van der Waals surface area contributed by atoms with Crippen molar-refractivity contribution in [2.45, 2.75) is 25.8 Å². The summed E-state index contributed by atoms with van der Waals surface area (Å²) >= 11 is 7.88. The third-order valence-electron chi connectivity index (χ3n) is 2.83. The van der Waals surface area contributed by atoms with E-state index in [1.807, 2.05) is 11.8 Å². The molecule has 7 heteroatoms. The van der Waals surface area contributed by atoms with Crippen LogP contribution in [0, 0.1) is 0 Å². The van der Waals surface area contributed by atoms with Crippen molar-refractivity contribution in [3.05, 3.63) is 12.2 Å². The van der Waals surface area contributed by atoms with E-state index in [-0.39, 0.29) is 6.04 Å². The zero-order valence-corrected chi connectivity index (χ0v) is 12.8. The molecule has 0 aromatic carbocycles. The van der Waals surface area contributed by atoms with Gasteiger partial charge in [0, 0.05) is 11.8 Å². The first kappa shape index (κ1) is 14.4. The number of ether oxygens (including phenoxy) is 1. The number of nitrogens with zero attached hydrogens (tertiary/aromatic N) is 4. The Kier molecular flexibility index (Phi) is 4.87. The van der Waals surface area contributed by atoms with Crippen LogP contribution in [-0.2, 0) is 5.88 Å². The quantitative estimate of drug-likeness (QED) is 0.768. The number of hydrogen-bond donors (Lipinski definition) is 0. The van der Waals surface area contributed by atoms with Gasteiger partial charge in [-0.05, 0) is 12.7 Å². The standard InChI is InChI=1S/C12H17ClN4OS/c1-4-19-6-8(2)17-9(5-13)16-10-11(17)14-7-15-12(10)18-3/h7-8H,4-6H2,1-3H3. The first-order valence-corrected chi connectivity index (χ1v) is 7.81. The van der Waals surface area contributed by atoms with Crippen LogP contribution in [0.3, 0.4) is 0 Å². The fraction of sp³-hybridized carbons (Fsp3) is 0.583. The number of halogens is 1. The number of thioether (sulfide) groups is 1. The lowest BCUT2D eigenvalue weighted by Gasteiger charge is -2.15. The van der Waals surface area contributed by atoms with Gasteiger partial charge in [0.25, 0.3) is 0 Å². The Morgan fingerprint density at radius 2 is 2.26 bits per heavy atom. The maximum absolute atomic E-state index is 6.00. The summed E-state index contributed by atoms with van der Waals surface area (Å²) in [6.45, 7) is 4.30.